The van der Waals surface area contributed by atoms with Gasteiger partial charge in [-0.15, -0.1) is 0 Å². The summed E-state index contributed by atoms with van der Waals surface area (Å²) in [7, 11) is 3.35. The van der Waals surface area contributed by atoms with Crippen LogP contribution in [0.5, 0.6) is 0 Å². The van der Waals surface area contributed by atoms with Crippen LogP contribution in [0.25, 0.3) is 21.9 Å². The minimum Gasteiger partial charge on any atom is -0.361 e. The maximum absolute atomic E-state index is 12.5. The summed E-state index contributed by atoms with van der Waals surface area (Å²) in [6.45, 7) is 0. The molecular weight excluding hydrogens is 386 g/mol. The van der Waals surface area contributed by atoms with E-state index in [2.05, 4.69) is 21.5 Å². The number of imide groups is 1. The molecule has 1 saturated heterocycles. The number of carbonyl (C=O) groups is 2. The van der Waals surface area contributed by atoms with E-state index < -0.39 is 5.92 Å². The first-order valence-electron chi connectivity index (χ1n) is 10.4. The quantitative estimate of drug-likeness (QED) is 0.493. The summed E-state index contributed by atoms with van der Waals surface area (Å²) in [4.78, 5) is 27.4. The minimum atomic E-state index is -0.486. The van der Waals surface area contributed by atoms with E-state index in [9.17, 15) is 9.59 Å². The first-order chi connectivity index (χ1) is 14.6. The topological polar surface area (TPSA) is 106 Å². The molecule has 1 saturated carbocycles. The van der Waals surface area contributed by atoms with E-state index in [0.717, 1.165) is 46.7 Å². The highest BCUT2D eigenvalue weighted by atomic mass is 16.7. The number of amides is 2. The Morgan fingerprint density at radius 2 is 2.03 bits per heavy atom. The van der Waals surface area contributed by atoms with Crippen molar-refractivity contribution in [2.75, 3.05) is 14.2 Å². The minimum absolute atomic E-state index is 0.214. The standard InChI is InChI=1S/C22H25N3O5/c1-28-22(29-2)12-4-3-11(9-12)15-10-16-13(7-8-23-16)18-19(25-30-20(15)18)14-5-6-17(26)24-21(14)27/h7-8,10-12,14,22-23H,3-6,9H2,1-2H3,(H,24,26,27)/t11?,12-,14?/m1/s1. The van der Waals surface area contributed by atoms with Gasteiger partial charge in [-0.3, -0.25) is 14.9 Å². The first kappa shape index (κ1) is 19.3. The molecule has 3 atom stereocenters. The zero-order valence-corrected chi connectivity index (χ0v) is 17.1. The average Bonchev–Trinajstić information content (AvgIpc) is 3.47. The second-order valence-corrected chi connectivity index (χ2v) is 8.29. The van der Waals surface area contributed by atoms with Gasteiger partial charge in [0.1, 0.15) is 5.69 Å². The van der Waals surface area contributed by atoms with Crippen LogP contribution in [-0.2, 0) is 19.1 Å². The van der Waals surface area contributed by atoms with Crippen molar-refractivity contribution < 1.29 is 23.6 Å². The fourth-order valence-corrected chi connectivity index (χ4v) is 5.22. The lowest BCUT2D eigenvalue weighted by molar-refractivity contribution is -0.135. The second-order valence-electron chi connectivity index (χ2n) is 8.29. The monoisotopic (exact) mass is 411 g/mol. The zero-order valence-electron chi connectivity index (χ0n) is 17.1. The van der Waals surface area contributed by atoms with E-state index in [1.54, 1.807) is 14.2 Å². The number of hydrogen-bond acceptors (Lipinski definition) is 6. The van der Waals surface area contributed by atoms with Crippen LogP contribution in [0, 0.1) is 5.92 Å². The molecule has 2 amide bonds. The molecule has 0 radical (unpaired) electrons. The van der Waals surface area contributed by atoms with Gasteiger partial charge in [-0.05, 0) is 43.7 Å². The largest absolute Gasteiger partial charge is 0.361 e. The summed E-state index contributed by atoms with van der Waals surface area (Å²) < 4.78 is 16.8. The summed E-state index contributed by atoms with van der Waals surface area (Å²) in [6.07, 6.45) is 5.37. The van der Waals surface area contributed by atoms with E-state index >= 15 is 0 Å². The molecule has 1 aromatic carbocycles. The Labute approximate surface area is 173 Å². The van der Waals surface area contributed by atoms with Crippen LogP contribution in [0.2, 0.25) is 0 Å². The lowest BCUT2D eigenvalue weighted by atomic mass is 9.88. The van der Waals surface area contributed by atoms with Gasteiger partial charge < -0.3 is 19.0 Å². The van der Waals surface area contributed by atoms with Gasteiger partial charge in [-0.25, -0.2) is 0 Å². The Kier molecular flexibility index (Phi) is 4.83. The molecule has 0 spiro atoms. The molecule has 8 nitrogen and oxygen atoms in total. The van der Waals surface area contributed by atoms with E-state index in [1.165, 1.54) is 0 Å². The number of nitrogens with zero attached hydrogens (tertiary/aromatic N) is 1. The smallest absolute Gasteiger partial charge is 0.235 e. The number of ether oxygens (including phenoxy) is 2. The molecular formula is C22H25N3O5. The van der Waals surface area contributed by atoms with Crippen molar-refractivity contribution in [3.63, 3.8) is 0 Å². The Hall–Kier alpha value is -2.71. The van der Waals surface area contributed by atoms with Crippen molar-refractivity contribution in [2.24, 2.45) is 5.92 Å². The second kappa shape index (κ2) is 7.52. The highest BCUT2D eigenvalue weighted by Gasteiger charge is 2.36. The SMILES string of the molecule is COC(OC)[C@@H]1CCC(c2cc3[nH]ccc3c3c(C4CCC(=O)NC4=O)noc23)C1. The fraction of sp³-hybridized carbons (Fsp3) is 0.500. The van der Waals surface area contributed by atoms with Crippen molar-refractivity contribution in [3.8, 4) is 0 Å². The third-order valence-electron chi connectivity index (χ3n) is 6.66. The summed E-state index contributed by atoms with van der Waals surface area (Å²) >= 11 is 0. The van der Waals surface area contributed by atoms with Gasteiger partial charge in [0.05, 0.1) is 11.3 Å². The molecule has 8 heteroatoms. The number of nitrogens with one attached hydrogen (secondary N) is 2. The number of aromatic nitrogens is 2. The molecule has 158 valence electrons. The number of hydrogen-bond donors (Lipinski definition) is 2. The number of piperidine rings is 1. The van der Waals surface area contributed by atoms with Gasteiger partial charge in [0, 0.05) is 49.2 Å². The predicted molar refractivity (Wildman–Crippen MR) is 109 cm³/mol. The normalized spacial score (nSPS) is 25.0. The van der Waals surface area contributed by atoms with Gasteiger partial charge >= 0.3 is 0 Å². The third kappa shape index (κ3) is 3.02. The molecule has 2 aromatic heterocycles. The lowest BCUT2D eigenvalue weighted by Crippen LogP contribution is -2.39. The number of aromatic amines is 1. The number of rotatable bonds is 5. The molecule has 3 heterocycles. The van der Waals surface area contributed by atoms with Crippen LogP contribution in [0.4, 0.5) is 0 Å². The Morgan fingerprint density at radius 1 is 1.20 bits per heavy atom. The van der Waals surface area contributed by atoms with Crippen LogP contribution >= 0.6 is 0 Å². The molecule has 2 aliphatic rings. The summed E-state index contributed by atoms with van der Waals surface area (Å²) in [5.74, 6) is -0.420. The van der Waals surface area contributed by atoms with E-state index in [1.807, 2.05) is 12.3 Å². The van der Waals surface area contributed by atoms with Crippen molar-refractivity contribution in [3.05, 3.63) is 29.6 Å². The van der Waals surface area contributed by atoms with Crippen molar-refractivity contribution in [1.82, 2.24) is 15.5 Å². The fourth-order valence-electron chi connectivity index (χ4n) is 5.22. The van der Waals surface area contributed by atoms with Crippen LogP contribution in [-0.4, -0.2) is 42.5 Å². The number of carbonyl (C=O) groups excluding carboxylic acids is 2. The highest BCUT2D eigenvalue weighted by Crippen LogP contribution is 2.45. The zero-order chi connectivity index (χ0) is 20.8. The molecule has 0 bridgehead atoms. The van der Waals surface area contributed by atoms with Crippen molar-refractivity contribution >= 4 is 33.7 Å². The molecule has 2 N–H and O–H groups in total. The highest BCUT2D eigenvalue weighted by molar-refractivity contribution is 6.10. The first-order valence-corrected chi connectivity index (χ1v) is 10.4. The summed E-state index contributed by atoms with van der Waals surface area (Å²) in [5.41, 5.74) is 3.44. The predicted octanol–water partition coefficient (Wildman–Crippen LogP) is 3.33. The van der Waals surface area contributed by atoms with Gasteiger partial charge in [0.2, 0.25) is 11.8 Å². The van der Waals surface area contributed by atoms with E-state index in [4.69, 9.17) is 14.0 Å². The van der Waals surface area contributed by atoms with Crippen LogP contribution < -0.4 is 5.32 Å². The van der Waals surface area contributed by atoms with Gasteiger partial charge in [0.15, 0.2) is 11.9 Å². The lowest BCUT2D eigenvalue weighted by Gasteiger charge is -2.20. The summed E-state index contributed by atoms with van der Waals surface area (Å²) in [5, 5.41) is 8.62. The molecule has 3 aromatic rings. The molecule has 2 unspecified atom stereocenters. The average molecular weight is 411 g/mol. The Morgan fingerprint density at radius 3 is 2.80 bits per heavy atom. The Balaban J connectivity index is 1.58. The maximum Gasteiger partial charge on any atom is 0.235 e. The molecule has 1 aliphatic carbocycles. The number of methoxy groups -OCH3 is 2. The molecule has 5 rings (SSSR count). The van der Waals surface area contributed by atoms with Crippen LogP contribution in [0.15, 0.2) is 22.9 Å². The Bertz CT molecular complexity index is 1110. The van der Waals surface area contributed by atoms with Crippen molar-refractivity contribution in [1.29, 1.82) is 0 Å². The van der Waals surface area contributed by atoms with Gasteiger partial charge in [0.25, 0.3) is 0 Å². The van der Waals surface area contributed by atoms with E-state index in [0.29, 0.717) is 30.4 Å². The number of fused-ring (bicyclic) bond motifs is 3. The third-order valence-corrected chi connectivity index (χ3v) is 6.66. The number of benzene rings is 1. The molecule has 2 fully saturated rings. The van der Waals surface area contributed by atoms with Crippen molar-refractivity contribution in [2.45, 2.75) is 50.2 Å². The van der Waals surface area contributed by atoms with Crippen LogP contribution in [0.1, 0.15) is 55.2 Å². The summed E-state index contributed by atoms with van der Waals surface area (Å²) in [6, 6.07) is 4.12. The maximum atomic E-state index is 12.5. The van der Waals surface area contributed by atoms with E-state index in [-0.39, 0.29) is 18.1 Å². The van der Waals surface area contributed by atoms with Gasteiger partial charge in [-0.2, -0.15) is 0 Å². The van der Waals surface area contributed by atoms with Gasteiger partial charge in [-0.1, -0.05) is 5.16 Å². The van der Waals surface area contributed by atoms with Crippen LogP contribution in [0.3, 0.4) is 0 Å². The molecule has 30 heavy (non-hydrogen) atoms. The molecule has 1 aliphatic heterocycles. The number of H-pyrrole nitrogens is 1.